The predicted octanol–water partition coefficient (Wildman–Crippen LogP) is 2.30. The van der Waals surface area contributed by atoms with E-state index < -0.39 is 29.5 Å². The van der Waals surface area contributed by atoms with Crippen LogP contribution in [0.2, 0.25) is 0 Å². The Kier molecular flexibility index (Phi) is 4.56. The van der Waals surface area contributed by atoms with Crippen molar-refractivity contribution in [1.29, 1.82) is 0 Å². The SMILES string of the molecule is CC1(C)Oc2ccc(CC(=O)c3ccn(CC(F)F)n3)cc2C2(COC(N)=N2)C12COC2. The fourth-order valence-corrected chi connectivity index (χ4v) is 4.96. The summed E-state index contributed by atoms with van der Waals surface area (Å²) in [5, 5.41) is 3.97. The number of carbonyl (C=O) groups is 1. The number of rotatable bonds is 5. The molecule has 32 heavy (non-hydrogen) atoms. The molecule has 3 aliphatic rings. The van der Waals surface area contributed by atoms with Gasteiger partial charge in [-0.25, -0.2) is 13.8 Å². The molecule has 0 saturated carbocycles. The van der Waals surface area contributed by atoms with E-state index in [1.54, 1.807) is 0 Å². The van der Waals surface area contributed by atoms with E-state index >= 15 is 0 Å². The van der Waals surface area contributed by atoms with Crippen molar-refractivity contribution in [3.05, 3.63) is 47.3 Å². The number of aromatic nitrogens is 2. The number of nitrogens with zero attached hydrogens (tertiary/aromatic N) is 3. The number of carbonyl (C=O) groups excluding carboxylic acids is 1. The van der Waals surface area contributed by atoms with Crippen molar-refractivity contribution < 1.29 is 27.8 Å². The number of hydrogen-bond acceptors (Lipinski definition) is 7. The molecule has 1 atom stereocenters. The summed E-state index contributed by atoms with van der Waals surface area (Å²) in [7, 11) is 0. The zero-order valence-corrected chi connectivity index (χ0v) is 17.8. The highest BCUT2D eigenvalue weighted by Gasteiger charge is 2.71. The maximum Gasteiger partial charge on any atom is 0.283 e. The second kappa shape index (κ2) is 6.99. The number of amidine groups is 1. The fourth-order valence-electron chi connectivity index (χ4n) is 4.96. The molecule has 2 aromatic rings. The van der Waals surface area contributed by atoms with Gasteiger partial charge >= 0.3 is 0 Å². The van der Waals surface area contributed by atoms with Gasteiger partial charge < -0.3 is 19.9 Å². The number of hydrogen-bond donors (Lipinski definition) is 1. The zero-order valence-electron chi connectivity index (χ0n) is 17.8. The Morgan fingerprint density at radius 2 is 2.03 bits per heavy atom. The summed E-state index contributed by atoms with van der Waals surface area (Å²) in [6.07, 6.45) is -1.10. The number of alkyl halides is 2. The van der Waals surface area contributed by atoms with Crippen molar-refractivity contribution in [2.24, 2.45) is 16.1 Å². The summed E-state index contributed by atoms with van der Waals surface area (Å²) >= 11 is 0. The van der Waals surface area contributed by atoms with Crippen molar-refractivity contribution in [3.8, 4) is 5.75 Å². The maximum absolute atomic E-state index is 12.8. The number of Topliss-reactive ketones (excluding diaryl/α,β-unsaturated/α-hetero) is 1. The summed E-state index contributed by atoms with van der Waals surface area (Å²) in [4.78, 5) is 17.5. The molecule has 8 nitrogen and oxygen atoms in total. The fraction of sp³-hybridized carbons (Fsp3) is 0.500. The van der Waals surface area contributed by atoms with Crippen LogP contribution in [-0.2, 0) is 28.0 Å². The first-order valence-corrected chi connectivity index (χ1v) is 10.4. The van der Waals surface area contributed by atoms with E-state index in [9.17, 15) is 13.6 Å². The average Bonchev–Trinajstić information content (AvgIpc) is 3.28. The number of ketones is 1. The van der Waals surface area contributed by atoms with Crippen LogP contribution in [0.25, 0.3) is 0 Å². The first kappa shape index (κ1) is 20.9. The van der Waals surface area contributed by atoms with Crippen LogP contribution >= 0.6 is 0 Å². The van der Waals surface area contributed by atoms with Gasteiger partial charge in [0.1, 0.15) is 35.7 Å². The molecule has 1 aromatic heterocycles. The second-order valence-electron chi connectivity index (χ2n) is 9.03. The summed E-state index contributed by atoms with van der Waals surface area (Å²) in [5.74, 6) is 0.392. The monoisotopic (exact) mass is 446 g/mol. The molecule has 0 aliphatic carbocycles. The van der Waals surface area contributed by atoms with Gasteiger partial charge in [-0.2, -0.15) is 5.10 Å². The molecule has 1 fully saturated rings. The van der Waals surface area contributed by atoms with Crippen molar-refractivity contribution in [2.75, 3.05) is 19.8 Å². The van der Waals surface area contributed by atoms with Gasteiger partial charge in [0.2, 0.25) is 0 Å². The lowest BCUT2D eigenvalue weighted by atomic mass is 9.55. The lowest BCUT2D eigenvalue weighted by Gasteiger charge is -2.61. The molecule has 1 aromatic carbocycles. The number of nitrogens with two attached hydrogens (primary N) is 1. The molecule has 0 radical (unpaired) electrons. The van der Waals surface area contributed by atoms with Crippen LogP contribution in [-0.4, -0.2) is 53.4 Å². The molecule has 0 bridgehead atoms. The number of halogens is 2. The van der Waals surface area contributed by atoms with Gasteiger partial charge in [0, 0.05) is 18.2 Å². The Bertz CT molecular complexity index is 1110. The highest BCUT2D eigenvalue weighted by atomic mass is 19.3. The molecule has 2 spiro atoms. The summed E-state index contributed by atoms with van der Waals surface area (Å²) < 4.78 is 43.8. The Hall–Kier alpha value is -3.01. The van der Waals surface area contributed by atoms with Crippen LogP contribution in [0.5, 0.6) is 5.75 Å². The lowest BCUT2D eigenvalue weighted by Crippen LogP contribution is -2.71. The predicted molar refractivity (Wildman–Crippen MR) is 110 cm³/mol. The normalized spacial score (nSPS) is 24.6. The van der Waals surface area contributed by atoms with Gasteiger partial charge in [-0.15, -0.1) is 0 Å². The van der Waals surface area contributed by atoms with Crippen molar-refractivity contribution in [3.63, 3.8) is 0 Å². The molecular formula is C22H24F2N4O4. The maximum atomic E-state index is 12.8. The Morgan fingerprint density at radius 3 is 2.66 bits per heavy atom. The van der Waals surface area contributed by atoms with Crippen LogP contribution in [0, 0.1) is 5.41 Å². The first-order chi connectivity index (χ1) is 15.2. The quantitative estimate of drug-likeness (QED) is 0.708. The average molecular weight is 446 g/mol. The summed E-state index contributed by atoms with van der Waals surface area (Å²) in [6.45, 7) is 4.63. The summed E-state index contributed by atoms with van der Waals surface area (Å²) in [5.41, 5.74) is 5.79. The highest BCUT2D eigenvalue weighted by Crippen LogP contribution is 2.62. The van der Waals surface area contributed by atoms with E-state index in [4.69, 9.17) is 24.9 Å². The van der Waals surface area contributed by atoms with E-state index in [0.717, 1.165) is 15.8 Å². The molecule has 1 unspecified atom stereocenters. The third kappa shape index (κ3) is 2.92. The largest absolute Gasteiger partial charge is 0.487 e. The number of aliphatic imine (C=N–C) groups is 1. The number of ether oxygens (including phenoxy) is 3. The smallest absolute Gasteiger partial charge is 0.283 e. The van der Waals surface area contributed by atoms with Gasteiger partial charge in [0.25, 0.3) is 12.4 Å². The Morgan fingerprint density at radius 1 is 1.25 bits per heavy atom. The standard InChI is InChI=1S/C22H24F2N4O4/c1-20(2)21(10-30-11-21)22(12-31-19(25)26-22)14-7-13(3-4-17(14)32-20)8-16(29)15-5-6-28(27-15)9-18(23)24/h3-7,18H,8-12H2,1-2H3,(H2,25,26). The van der Waals surface area contributed by atoms with E-state index in [1.165, 1.54) is 12.3 Å². The molecule has 10 heteroatoms. The first-order valence-electron chi connectivity index (χ1n) is 10.4. The highest BCUT2D eigenvalue weighted by molar-refractivity contribution is 5.95. The van der Waals surface area contributed by atoms with E-state index in [2.05, 4.69) is 5.10 Å². The zero-order chi connectivity index (χ0) is 22.7. The van der Waals surface area contributed by atoms with Crippen LogP contribution in [0.1, 0.15) is 35.5 Å². The molecular weight excluding hydrogens is 422 g/mol. The van der Waals surface area contributed by atoms with Crippen LogP contribution in [0.15, 0.2) is 35.5 Å². The molecule has 0 amide bonds. The molecule has 4 heterocycles. The topological polar surface area (TPSA) is 101 Å². The molecule has 2 N–H and O–H groups in total. The number of benzene rings is 1. The number of fused-ring (bicyclic) bond motifs is 3. The Labute approximate surface area is 183 Å². The van der Waals surface area contributed by atoms with Gasteiger partial charge in [0.15, 0.2) is 5.78 Å². The minimum absolute atomic E-state index is 0.0575. The Balaban J connectivity index is 1.49. The van der Waals surface area contributed by atoms with E-state index in [1.807, 2.05) is 32.0 Å². The van der Waals surface area contributed by atoms with Gasteiger partial charge in [-0.1, -0.05) is 6.07 Å². The van der Waals surface area contributed by atoms with Crippen LogP contribution < -0.4 is 10.5 Å². The van der Waals surface area contributed by atoms with Gasteiger partial charge in [-0.3, -0.25) is 9.48 Å². The molecule has 170 valence electrons. The molecule has 3 aliphatic heterocycles. The van der Waals surface area contributed by atoms with Crippen molar-refractivity contribution in [2.45, 2.75) is 44.4 Å². The lowest BCUT2D eigenvalue weighted by molar-refractivity contribution is -0.247. The van der Waals surface area contributed by atoms with Gasteiger partial charge in [-0.05, 0) is 37.6 Å². The third-order valence-electron chi connectivity index (χ3n) is 6.84. The molecule has 5 rings (SSSR count). The minimum atomic E-state index is -2.54. The summed E-state index contributed by atoms with van der Waals surface area (Å²) in [6, 6.07) is 7.10. The van der Waals surface area contributed by atoms with E-state index in [0.29, 0.717) is 19.0 Å². The van der Waals surface area contributed by atoms with Gasteiger partial charge in [0.05, 0.1) is 18.6 Å². The van der Waals surface area contributed by atoms with Crippen LogP contribution in [0.4, 0.5) is 8.78 Å². The second-order valence-corrected chi connectivity index (χ2v) is 9.03. The van der Waals surface area contributed by atoms with E-state index in [-0.39, 0.29) is 30.5 Å². The third-order valence-corrected chi connectivity index (χ3v) is 6.84. The molecule has 1 saturated heterocycles. The minimum Gasteiger partial charge on any atom is -0.487 e. The van der Waals surface area contributed by atoms with Crippen molar-refractivity contribution >= 4 is 11.8 Å². The van der Waals surface area contributed by atoms with Crippen molar-refractivity contribution in [1.82, 2.24) is 9.78 Å². The van der Waals surface area contributed by atoms with Crippen LogP contribution in [0.3, 0.4) is 0 Å².